The summed E-state index contributed by atoms with van der Waals surface area (Å²) in [5.41, 5.74) is 4.22. The molecule has 3 aromatic rings. The quantitative estimate of drug-likeness (QED) is 0.347. The normalized spacial score (nSPS) is 10.8. The Balaban J connectivity index is 1.63. The molecule has 0 saturated heterocycles. The molecule has 0 bridgehead atoms. The first-order valence-corrected chi connectivity index (χ1v) is 12.0. The van der Waals surface area contributed by atoms with E-state index in [4.69, 9.17) is 9.47 Å². The zero-order chi connectivity index (χ0) is 25.4. The fraction of sp³-hybridized carbons (Fsp3) is 0.310. The Morgan fingerprint density at radius 1 is 0.771 bits per heavy atom. The number of para-hydroxylation sites is 3. The van der Waals surface area contributed by atoms with Crippen LogP contribution in [0.3, 0.4) is 0 Å². The first kappa shape index (κ1) is 25.8. The van der Waals surface area contributed by atoms with Crippen LogP contribution in [0.4, 0.5) is 11.4 Å². The highest BCUT2D eigenvalue weighted by atomic mass is 16.5. The van der Waals surface area contributed by atoms with E-state index < -0.39 is 0 Å². The van der Waals surface area contributed by atoms with Crippen molar-refractivity contribution in [2.75, 3.05) is 23.8 Å². The molecule has 2 amide bonds. The van der Waals surface area contributed by atoms with Crippen LogP contribution in [-0.2, 0) is 4.79 Å². The average molecular weight is 475 g/mol. The number of amides is 2. The van der Waals surface area contributed by atoms with Crippen LogP contribution in [0.5, 0.6) is 11.5 Å². The van der Waals surface area contributed by atoms with E-state index in [0.29, 0.717) is 29.4 Å². The highest BCUT2D eigenvalue weighted by molar-refractivity contribution is 6.05. The molecule has 6 heteroatoms. The number of rotatable bonds is 10. The third kappa shape index (κ3) is 6.85. The van der Waals surface area contributed by atoms with Crippen molar-refractivity contribution in [1.29, 1.82) is 0 Å². The van der Waals surface area contributed by atoms with Gasteiger partial charge in [0.25, 0.3) is 11.8 Å². The molecule has 184 valence electrons. The molecular weight excluding hydrogens is 440 g/mol. The average Bonchev–Trinajstić information content (AvgIpc) is 2.84. The number of hydrogen-bond acceptors (Lipinski definition) is 4. The molecule has 0 aliphatic heterocycles. The van der Waals surface area contributed by atoms with Crippen LogP contribution in [-0.4, -0.2) is 25.0 Å². The summed E-state index contributed by atoms with van der Waals surface area (Å²) in [6.45, 7) is 10.7. The Morgan fingerprint density at radius 2 is 1.40 bits per heavy atom. The zero-order valence-corrected chi connectivity index (χ0v) is 21.1. The number of hydrogen-bond donors (Lipinski definition) is 2. The molecule has 3 rings (SSSR count). The van der Waals surface area contributed by atoms with Gasteiger partial charge in [0.1, 0.15) is 11.5 Å². The summed E-state index contributed by atoms with van der Waals surface area (Å²) in [4.78, 5) is 25.3. The molecule has 0 aliphatic carbocycles. The molecule has 0 spiro atoms. The molecule has 35 heavy (non-hydrogen) atoms. The first-order chi connectivity index (χ1) is 16.8. The molecule has 0 fully saturated rings. The lowest BCUT2D eigenvalue weighted by Crippen LogP contribution is -2.20. The van der Waals surface area contributed by atoms with E-state index in [1.807, 2.05) is 25.1 Å². The predicted molar refractivity (Wildman–Crippen MR) is 141 cm³/mol. The smallest absolute Gasteiger partial charge is 0.262 e. The van der Waals surface area contributed by atoms with Crippen LogP contribution in [0.15, 0.2) is 66.7 Å². The number of ether oxygens (including phenoxy) is 2. The van der Waals surface area contributed by atoms with Gasteiger partial charge in [-0.15, -0.1) is 0 Å². The van der Waals surface area contributed by atoms with Crippen molar-refractivity contribution >= 4 is 23.2 Å². The second-order valence-corrected chi connectivity index (χ2v) is 8.87. The van der Waals surface area contributed by atoms with Gasteiger partial charge in [-0.1, -0.05) is 58.0 Å². The van der Waals surface area contributed by atoms with Crippen molar-refractivity contribution in [3.05, 3.63) is 83.4 Å². The van der Waals surface area contributed by atoms with E-state index in [0.717, 1.165) is 16.8 Å². The van der Waals surface area contributed by atoms with Gasteiger partial charge in [0.05, 0.1) is 12.3 Å². The van der Waals surface area contributed by atoms with Crippen LogP contribution in [0, 0.1) is 0 Å². The van der Waals surface area contributed by atoms with E-state index in [1.165, 1.54) is 0 Å². The molecule has 0 atom stereocenters. The summed E-state index contributed by atoms with van der Waals surface area (Å²) in [6, 6.07) is 20.2. The van der Waals surface area contributed by atoms with Crippen molar-refractivity contribution in [2.24, 2.45) is 0 Å². The standard InChI is InChI=1S/C29H34N2O4/c1-6-34-26-13-8-7-12-25(26)30-27(32)18-35-22-16-14-21(15-17-22)29(33)31-28-23(19(2)3)10-9-11-24(28)20(4)5/h7-17,19-20H,6,18H2,1-5H3,(H,30,32)(H,31,33). The van der Waals surface area contributed by atoms with E-state index >= 15 is 0 Å². The van der Waals surface area contributed by atoms with E-state index in [1.54, 1.807) is 36.4 Å². The van der Waals surface area contributed by atoms with Crippen LogP contribution in [0.1, 0.15) is 67.9 Å². The van der Waals surface area contributed by atoms with Gasteiger partial charge in [-0.25, -0.2) is 0 Å². The molecule has 0 aromatic heterocycles. The van der Waals surface area contributed by atoms with Crippen molar-refractivity contribution in [3.8, 4) is 11.5 Å². The van der Waals surface area contributed by atoms with Crippen LogP contribution in [0.2, 0.25) is 0 Å². The van der Waals surface area contributed by atoms with Crippen LogP contribution < -0.4 is 20.1 Å². The minimum Gasteiger partial charge on any atom is -0.492 e. The molecule has 6 nitrogen and oxygen atoms in total. The van der Waals surface area contributed by atoms with Gasteiger partial charge < -0.3 is 20.1 Å². The third-order valence-electron chi connectivity index (χ3n) is 5.56. The van der Waals surface area contributed by atoms with Gasteiger partial charge in [-0.05, 0) is 66.3 Å². The van der Waals surface area contributed by atoms with Crippen LogP contribution in [0.25, 0.3) is 0 Å². The van der Waals surface area contributed by atoms with Crippen LogP contribution >= 0.6 is 0 Å². The fourth-order valence-corrected chi connectivity index (χ4v) is 3.77. The van der Waals surface area contributed by atoms with Crippen molar-refractivity contribution in [3.63, 3.8) is 0 Å². The molecule has 0 heterocycles. The minimum atomic E-state index is -0.300. The number of benzene rings is 3. The summed E-state index contributed by atoms with van der Waals surface area (Å²) in [5, 5.41) is 5.91. The van der Waals surface area contributed by atoms with Crippen molar-refractivity contribution in [1.82, 2.24) is 0 Å². The Hall–Kier alpha value is -3.80. The topological polar surface area (TPSA) is 76.7 Å². The highest BCUT2D eigenvalue weighted by Crippen LogP contribution is 2.32. The molecule has 0 unspecified atom stereocenters. The SMILES string of the molecule is CCOc1ccccc1NC(=O)COc1ccc(C(=O)Nc2c(C(C)C)cccc2C(C)C)cc1. The lowest BCUT2D eigenvalue weighted by Gasteiger charge is -2.20. The van der Waals surface area contributed by atoms with Gasteiger partial charge in [0.2, 0.25) is 0 Å². The number of nitrogens with one attached hydrogen (secondary N) is 2. The van der Waals surface area contributed by atoms with Gasteiger partial charge in [0.15, 0.2) is 6.61 Å². The zero-order valence-electron chi connectivity index (χ0n) is 21.1. The second kappa shape index (κ2) is 12.1. The molecule has 0 saturated carbocycles. The second-order valence-electron chi connectivity index (χ2n) is 8.87. The van der Waals surface area contributed by atoms with Gasteiger partial charge in [-0.3, -0.25) is 9.59 Å². The maximum atomic E-state index is 13.0. The summed E-state index contributed by atoms with van der Waals surface area (Å²) >= 11 is 0. The highest BCUT2D eigenvalue weighted by Gasteiger charge is 2.17. The van der Waals surface area contributed by atoms with Gasteiger partial charge in [-0.2, -0.15) is 0 Å². The first-order valence-electron chi connectivity index (χ1n) is 12.0. The van der Waals surface area contributed by atoms with Gasteiger partial charge >= 0.3 is 0 Å². The maximum Gasteiger partial charge on any atom is 0.262 e. The molecule has 2 N–H and O–H groups in total. The Kier molecular flexibility index (Phi) is 8.90. The Labute approximate surface area is 207 Å². The predicted octanol–water partition coefficient (Wildman–Crippen LogP) is 6.60. The maximum absolute atomic E-state index is 13.0. The van der Waals surface area contributed by atoms with Crippen molar-refractivity contribution < 1.29 is 19.1 Å². The largest absolute Gasteiger partial charge is 0.492 e. The molecule has 3 aromatic carbocycles. The number of carbonyl (C=O) groups excluding carboxylic acids is 2. The lowest BCUT2D eigenvalue weighted by molar-refractivity contribution is -0.118. The van der Waals surface area contributed by atoms with E-state index in [9.17, 15) is 9.59 Å². The summed E-state index contributed by atoms with van der Waals surface area (Å²) in [6.07, 6.45) is 0. The monoisotopic (exact) mass is 474 g/mol. The summed E-state index contributed by atoms with van der Waals surface area (Å²) in [5.74, 6) is 1.19. The lowest BCUT2D eigenvalue weighted by atomic mass is 9.92. The third-order valence-corrected chi connectivity index (χ3v) is 5.56. The fourth-order valence-electron chi connectivity index (χ4n) is 3.77. The summed E-state index contributed by atoms with van der Waals surface area (Å²) in [7, 11) is 0. The van der Waals surface area contributed by atoms with Crippen molar-refractivity contribution in [2.45, 2.75) is 46.5 Å². The number of anilines is 2. The molecule has 0 radical (unpaired) electrons. The van der Waals surface area contributed by atoms with Gasteiger partial charge in [0, 0.05) is 11.3 Å². The number of carbonyl (C=O) groups is 2. The summed E-state index contributed by atoms with van der Waals surface area (Å²) < 4.78 is 11.1. The van der Waals surface area contributed by atoms with E-state index in [2.05, 4.69) is 50.5 Å². The minimum absolute atomic E-state index is 0.161. The Morgan fingerprint density at radius 3 is 2.00 bits per heavy atom. The Bertz CT molecular complexity index is 1130. The molecule has 0 aliphatic rings. The van der Waals surface area contributed by atoms with E-state index in [-0.39, 0.29) is 30.3 Å². The molecular formula is C29H34N2O4.